The Bertz CT molecular complexity index is 368. The van der Waals surface area contributed by atoms with Crippen molar-refractivity contribution in [3.05, 3.63) is 0 Å². The first-order chi connectivity index (χ1) is 9.93. The summed E-state index contributed by atoms with van der Waals surface area (Å²) in [7, 11) is 0. The number of hydrogen-bond acceptors (Lipinski definition) is 3. The van der Waals surface area contributed by atoms with Crippen LogP contribution < -0.4 is 11.1 Å². The molecule has 0 bridgehead atoms. The molecule has 3 N–H and O–H groups in total. The molecule has 0 radical (unpaired) electrons. The monoisotopic (exact) mass is 296 g/mol. The topological polar surface area (TPSA) is 64.4 Å². The molecule has 1 saturated heterocycles. The van der Waals surface area contributed by atoms with E-state index in [2.05, 4.69) is 26.1 Å². The molecule has 21 heavy (non-hydrogen) atoms. The number of nitrogens with two attached hydrogens (primary N) is 1. The molecular weight excluding hydrogens is 264 g/mol. The van der Waals surface area contributed by atoms with Crippen molar-refractivity contribution in [2.24, 2.45) is 11.7 Å². The second kappa shape index (κ2) is 6.66. The third kappa shape index (κ3) is 3.78. The number of carbonyl (C=O) groups is 1. The van der Waals surface area contributed by atoms with E-state index < -0.39 is 5.54 Å². The van der Waals surface area contributed by atoms with E-state index in [1.807, 2.05) is 0 Å². The summed E-state index contributed by atoms with van der Waals surface area (Å²) in [5.41, 5.74) is 5.69. The van der Waals surface area contributed by atoms with Crippen molar-refractivity contribution >= 4 is 5.91 Å². The average Bonchev–Trinajstić information content (AvgIpc) is 2.47. The van der Waals surface area contributed by atoms with Gasteiger partial charge in [0, 0.05) is 12.6 Å². The first kappa shape index (κ1) is 16.8. The largest absolute Gasteiger partial charge is 0.375 e. The third-order valence-corrected chi connectivity index (χ3v) is 5.60. The summed E-state index contributed by atoms with van der Waals surface area (Å²) in [6.07, 6.45) is 7.71. The minimum Gasteiger partial charge on any atom is -0.375 e. The number of ether oxygens (including phenoxy) is 1. The second-order valence-corrected chi connectivity index (χ2v) is 7.26. The number of amides is 1. The average molecular weight is 296 g/mol. The lowest BCUT2D eigenvalue weighted by atomic mass is 9.76. The van der Waals surface area contributed by atoms with Crippen molar-refractivity contribution in [2.75, 3.05) is 6.61 Å². The Balaban J connectivity index is 1.96. The highest BCUT2D eigenvalue weighted by Gasteiger charge is 2.41. The van der Waals surface area contributed by atoms with Crippen LogP contribution in [-0.4, -0.2) is 29.7 Å². The lowest BCUT2D eigenvalue weighted by molar-refractivity contribution is -0.132. The summed E-state index contributed by atoms with van der Waals surface area (Å²) in [6, 6.07) is 0.212. The van der Waals surface area contributed by atoms with Gasteiger partial charge in [-0.1, -0.05) is 33.6 Å². The maximum atomic E-state index is 12.6. The van der Waals surface area contributed by atoms with Gasteiger partial charge in [-0.05, 0) is 44.4 Å². The standard InChI is InChI=1S/C17H32N2O2/c1-4-16(5-2)12-14(8-10-21-16)19-15(20)17(18)9-6-7-13(3)11-17/h13-14H,4-12,18H2,1-3H3,(H,19,20). The van der Waals surface area contributed by atoms with Gasteiger partial charge in [0.2, 0.25) is 5.91 Å². The predicted octanol–water partition coefficient (Wildman–Crippen LogP) is 2.75. The van der Waals surface area contributed by atoms with Crippen LogP contribution in [0, 0.1) is 5.92 Å². The normalized spacial score (nSPS) is 36.2. The molecule has 1 heterocycles. The summed E-state index contributed by atoms with van der Waals surface area (Å²) >= 11 is 0. The van der Waals surface area contributed by atoms with E-state index in [4.69, 9.17) is 10.5 Å². The second-order valence-electron chi connectivity index (χ2n) is 7.26. The van der Waals surface area contributed by atoms with Crippen LogP contribution >= 0.6 is 0 Å². The molecule has 0 aromatic heterocycles. The Morgan fingerprint density at radius 1 is 1.29 bits per heavy atom. The highest BCUT2D eigenvalue weighted by Crippen LogP contribution is 2.33. The van der Waals surface area contributed by atoms with Crippen molar-refractivity contribution in [3.8, 4) is 0 Å². The van der Waals surface area contributed by atoms with E-state index in [0.29, 0.717) is 5.92 Å². The minimum absolute atomic E-state index is 0.0575. The first-order valence-corrected chi connectivity index (χ1v) is 8.67. The lowest BCUT2D eigenvalue weighted by Gasteiger charge is -2.42. The molecule has 0 aromatic rings. The first-order valence-electron chi connectivity index (χ1n) is 8.67. The van der Waals surface area contributed by atoms with Gasteiger partial charge < -0.3 is 15.8 Å². The van der Waals surface area contributed by atoms with Crippen molar-refractivity contribution < 1.29 is 9.53 Å². The Morgan fingerprint density at radius 3 is 2.62 bits per heavy atom. The van der Waals surface area contributed by atoms with Gasteiger partial charge in [0.1, 0.15) is 0 Å². The molecule has 1 amide bonds. The molecular formula is C17H32N2O2. The summed E-state index contributed by atoms with van der Waals surface area (Å²) in [6.45, 7) is 7.27. The van der Waals surface area contributed by atoms with Crippen LogP contribution in [0.2, 0.25) is 0 Å². The maximum absolute atomic E-state index is 12.6. The molecule has 2 rings (SSSR count). The van der Waals surface area contributed by atoms with Gasteiger partial charge in [-0.2, -0.15) is 0 Å². The SMILES string of the molecule is CCC1(CC)CC(NC(=O)C2(N)CCCC(C)C2)CCO1. The van der Waals surface area contributed by atoms with Gasteiger partial charge in [0.15, 0.2) is 0 Å². The van der Waals surface area contributed by atoms with Gasteiger partial charge in [-0.15, -0.1) is 0 Å². The highest BCUT2D eigenvalue weighted by molar-refractivity contribution is 5.86. The van der Waals surface area contributed by atoms with Crippen molar-refractivity contribution in [1.82, 2.24) is 5.32 Å². The van der Waals surface area contributed by atoms with Crippen molar-refractivity contribution in [1.29, 1.82) is 0 Å². The Kier molecular flexibility index (Phi) is 5.31. The number of nitrogens with one attached hydrogen (secondary N) is 1. The Hall–Kier alpha value is -0.610. The highest BCUT2D eigenvalue weighted by atomic mass is 16.5. The van der Waals surface area contributed by atoms with Crippen LogP contribution in [0.25, 0.3) is 0 Å². The number of rotatable bonds is 4. The smallest absolute Gasteiger partial charge is 0.240 e. The van der Waals surface area contributed by atoms with E-state index in [-0.39, 0.29) is 17.6 Å². The minimum atomic E-state index is -0.656. The van der Waals surface area contributed by atoms with Gasteiger partial charge in [-0.3, -0.25) is 4.79 Å². The van der Waals surface area contributed by atoms with Crippen molar-refractivity contribution in [3.63, 3.8) is 0 Å². The molecule has 3 atom stereocenters. The van der Waals surface area contributed by atoms with Crippen LogP contribution in [0.15, 0.2) is 0 Å². The van der Waals surface area contributed by atoms with Crippen LogP contribution in [0.3, 0.4) is 0 Å². The fourth-order valence-corrected chi connectivity index (χ4v) is 4.02. The van der Waals surface area contributed by atoms with E-state index in [0.717, 1.165) is 51.6 Å². The Morgan fingerprint density at radius 2 is 2.00 bits per heavy atom. The van der Waals surface area contributed by atoms with E-state index in [1.165, 1.54) is 6.42 Å². The summed E-state index contributed by atoms with van der Waals surface area (Å²) in [5.74, 6) is 0.608. The summed E-state index contributed by atoms with van der Waals surface area (Å²) in [5, 5.41) is 3.23. The van der Waals surface area contributed by atoms with Gasteiger partial charge in [0.05, 0.1) is 11.1 Å². The van der Waals surface area contributed by atoms with Crippen molar-refractivity contribution in [2.45, 2.75) is 89.3 Å². The molecule has 4 heteroatoms. The third-order valence-electron chi connectivity index (χ3n) is 5.60. The zero-order valence-electron chi connectivity index (χ0n) is 13.9. The number of carbonyl (C=O) groups excluding carboxylic acids is 1. The fourth-order valence-electron chi connectivity index (χ4n) is 4.02. The molecule has 1 saturated carbocycles. The zero-order valence-corrected chi connectivity index (χ0v) is 13.9. The lowest BCUT2D eigenvalue weighted by Crippen LogP contribution is -2.59. The van der Waals surface area contributed by atoms with Gasteiger partial charge in [-0.25, -0.2) is 0 Å². The molecule has 122 valence electrons. The predicted molar refractivity (Wildman–Crippen MR) is 85.0 cm³/mol. The van der Waals surface area contributed by atoms with E-state index in [9.17, 15) is 4.79 Å². The molecule has 1 aliphatic heterocycles. The molecule has 1 aliphatic carbocycles. The Labute approximate surface area is 129 Å². The molecule has 4 nitrogen and oxygen atoms in total. The molecule has 2 aliphatic rings. The summed E-state index contributed by atoms with van der Waals surface area (Å²) < 4.78 is 5.98. The van der Waals surface area contributed by atoms with Crippen LogP contribution in [0.5, 0.6) is 0 Å². The zero-order chi connectivity index (χ0) is 15.5. The molecule has 2 fully saturated rings. The maximum Gasteiger partial charge on any atom is 0.240 e. The van der Waals surface area contributed by atoms with Gasteiger partial charge >= 0.3 is 0 Å². The van der Waals surface area contributed by atoms with Crippen LogP contribution in [-0.2, 0) is 9.53 Å². The molecule has 3 unspecified atom stereocenters. The quantitative estimate of drug-likeness (QED) is 0.838. The van der Waals surface area contributed by atoms with Gasteiger partial charge in [0.25, 0.3) is 0 Å². The number of hydrogen-bond donors (Lipinski definition) is 2. The van der Waals surface area contributed by atoms with E-state index >= 15 is 0 Å². The van der Waals surface area contributed by atoms with E-state index in [1.54, 1.807) is 0 Å². The molecule has 0 aromatic carbocycles. The van der Waals surface area contributed by atoms with Crippen LogP contribution in [0.1, 0.15) is 72.1 Å². The van der Waals surface area contributed by atoms with Crippen LogP contribution in [0.4, 0.5) is 0 Å². The molecule has 0 spiro atoms. The summed E-state index contributed by atoms with van der Waals surface area (Å²) in [4.78, 5) is 12.6. The fraction of sp³-hybridized carbons (Fsp3) is 0.941.